The van der Waals surface area contributed by atoms with Gasteiger partial charge in [-0.3, -0.25) is 0 Å². The van der Waals surface area contributed by atoms with Gasteiger partial charge in [0.1, 0.15) is 5.82 Å². The largest absolute Gasteiger partial charge is 0.380 e. The van der Waals surface area contributed by atoms with Gasteiger partial charge in [0.2, 0.25) is 0 Å². The Bertz CT molecular complexity index is 799. The van der Waals surface area contributed by atoms with Crippen LogP contribution in [0.1, 0.15) is 74.0 Å². The van der Waals surface area contributed by atoms with Crippen molar-refractivity contribution in [3.8, 4) is 5.69 Å². The topological polar surface area (TPSA) is 66.0 Å². The molecule has 2 fully saturated rings. The van der Waals surface area contributed by atoms with Crippen LogP contribution in [0.3, 0.4) is 0 Å². The summed E-state index contributed by atoms with van der Waals surface area (Å²) in [6, 6.07) is 6.23. The number of ether oxygens (including phenoxy) is 1. The maximum atomic E-state index is 6.40. The number of aryl methyl sites for hydroxylation is 1. The zero-order chi connectivity index (χ0) is 19.0. The fraction of sp³-hybridized carbons (Fsp3) is 0.619. The van der Waals surface area contributed by atoms with Gasteiger partial charge in [0.05, 0.1) is 11.8 Å². The van der Waals surface area contributed by atoms with E-state index in [1.54, 1.807) is 7.11 Å². The standard InChI is InChI=1S/C21H29ClN4O/c1-13-7-9-16(12-17(13)22)26-21(15-8-10-18(23)19(11-15)27-2)24-20(25-26)14-5-3-4-6-14/h7,9,12,14-15,18-19H,3-6,8,10-11,23H2,1-2H3/t15-,18-,19-/m0/s1. The van der Waals surface area contributed by atoms with E-state index in [9.17, 15) is 0 Å². The number of nitrogens with two attached hydrogens (primary N) is 1. The molecule has 1 aromatic heterocycles. The average molecular weight is 389 g/mol. The van der Waals surface area contributed by atoms with Crippen molar-refractivity contribution in [3.63, 3.8) is 0 Å². The normalized spacial score (nSPS) is 26.6. The van der Waals surface area contributed by atoms with Crippen LogP contribution in [0.2, 0.25) is 5.02 Å². The summed E-state index contributed by atoms with van der Waals surface area (Å²) in [4.78, 5) is 5.05. The number of methoxy groups -OCH3 is 1. The first-order valence-corrected chi connectivity index (χ1v) is 10.5. The Balaban J connectivity index is 1.73. The lowest BCUT2D eigenvalue weighted by molar-refractivity contribution is 0.0459. The second kappa shape index (κ2) is 7.90. The van der Waals surface area contributed by atoms with E-state index in [0.717, 1.165) is 47.2 Å². The predicted octanol–water partition coefficient (Wildman–Crippen LogP) is 4.50. The van der Waals surface area contributed by atoms with Gasteiger partial charge in [-0.2, -0.15) is 5.10 Å². The van der Waals surface area contributed by atoms with Crippen molar-refractivity contribution in [2.45, 2.75) is 75.9 Å². The Kier molecular flexibility index (Phi) is 5.53. The predicted molar refractivity (Wildman–Crippen MR) is 108 cm³/mol. The number of rotatable bonds is 4. The highest BCUT2D eigenvalue weighted by Crippen LogP contribution is 2.37. The molecule has 0 unspecified atom stereocenters. The fourth-order valence-electron chi connectivity index (χ4n) is 4.52. The minimum Gasteiger partial charge on any atom is -0.380 e. The minimum absolute atomic E-state index is 0.0745. The zero-order valence-corrected chi connectivity index (χ0v) is 17.0. The Morgan fingerprint density at radius 2 is 1.93 bits per heavy atom. The molecule has 146 valence electrons. The van der Waals surface area contributed by atoms with Gasteiger partial charge >= 0.3 is 0 Å². The molecule has 0 amide bonds. The summed E-state index contributed by atoms with van der Waals surface area (Å²) in [5.41, 5.74) is 8.29. The molecule has 2 saturated carbocycles. The van der Waals surface area contributed by atoms with Crippen molar-refractivity contribution >= 4 is 11.6 Å². The van der Waals surface area contributed by atoms with Gasteiger partial charge in [0.25, 0.3) is 0 Å². The first kappa shape index (κ1) is 18.9. The molecule has 0 spiro atoms. The fourth-order valence-corrected chi connectivity index (χ4v) is 4.70. The molecular weight excluding hydrogens is 360 g/mol. The van der Waals surface area contributed by atoms with Gasteiger partial charge < -0.3 is 10.5 Å². The monoisotopic (exact) mass is 388 g/mol. The third-order valence-electron chi connectivity index (χ3n) is 6.28. The number of benzene rings is 1. The van der Waals surface area contributed by atoms with E-state index in [2.05, 4.69) is 6.07 Å². The van der Waals surface area contributed by atoms with Gasteiger partial charge in [0, 0.05) is 30.0 Å². The molecule has 6 heteroatoms. The van der Waals surface area contributed by atoms with Crippen molar-refractivity contribution in [1.29, 1.82) is 0 Å². The smallest absolute Gasteiger partial charge is 0.154 e. The number of aromatic nitrogens is 3. The van der Waals surface area contributed by atoms with Crippen molar-refractivity contribution in [2.75, 3.05) is 7.11 Å². The molecule has 0 radical (unpaired) electrons. The molecule has 3 atom stereocenters. The van der Waals surface area contributed by atoms with Gasteiger partial charge in [-0.25, -0.2) is 9.67 Å². The van der Waals surface area contributed by atoms with Crippen LogP contribution in [-0.2, 0) is 4.74 Å². The lowest BCUT2D eigenvalue weighted by Crippen LogP contribution is -2.41. The molecular formula is C21H29ClN4O. The van der Waals surface area contributed by atoms with Crippen molar-refractivity contribution in [3.05, 3.63) is 40.4 Å². The van der Waals surface area contributed by atoms with Crippen LogP contribution < -0.4 is 5.73 Å². The molecule has 0 aliphatic heterocycles. The van der Waals surface area contributed by atoms with E-state index >= 15 is 0 Å². The van der Waals surface area contributed by atoms with Crippen LogP contribution in [0.15, 0.2) is 18.2 Å². The SMILES string of the molecule is CO[C@H]1C[C@@H](c2nc(C3CCCC3)nn2-c2ccc(C)c(Cl)c2)CC[C@@H]1N. The van der Waals surface area contributed by atoms with Crippen LogP contribution in [-0.4, -0.2) is 34.0 Å². The molecule has 2 aliphatic carbocycles. The Labute approximate surface area is 166 Å². The molecule has 0 bridgehead atoms. The molecule has 2 aliphatic rings. The molecule has 1 heterocycles. The molecule has 2 aromatic rings. The Morgan fingerprint density at radius 1 is 1.15 bits per heavy atom. The molecule has 4 rings (SSSR count). The number of nitrogens with zero attached hydrogens (tertiary/aromatic N) is 3. The van der Waals surface area contributed by atoms with Crippen LogP contribution in [0.25, 0.3) is 5.69 Å². The highest BCUT2D eigenvalue weighted by Gasteiger charge is 2.33. The minimum atomic E-state index is 0.0745. The highest BCUT2D eigenvalue weighted by molar-refractivity contribution is 6.31. The lowest BCUT2D eigenvalue weighted by Gasteiger charge is -2.32. The summed E-state index contributed by atoms with van der Waals surface area (Å²) < 4.78 is 7.66. The summed E-state index contributed by atoms with van der Waals surface area (Å²) in [6.45, 7) is 2.02. The molecule has 2 N–H and O–H groups in total. The summed E-state index contributed by atoms with van der Waals surface area (Å²) >= 11 is 6.40. The van der Waals surface area contributed by atoms with E-state index < -0.39 is 0 Å². The third-order valence-corrected chi connectivity index (χ3v) is 6.69. The maximum absolute atomic E-state index is 6.40. The first-order chi connectivity index (χ1) is 13.1. The summed E-state index contributed by atoms with van der Waals surface area (Å²) in [5.74, 6) is 2.81. The van der Waals surface area contributed by atoms with Crippen molar-refractivity contribution < 1.29 is 4.74 Å². The van der Waals surface area contributed by atoms with Crippen LogP contribution in [0, 0.1) is 6.92 Å². The Hall–Kier alpha value is -1.43. The van der Waals surface area contributed by atoms with Crippen molar-refractivity contribution in [1.82, 2.24) is 14.8 Å². The number of halogens is 1. The average Bonchev–Trinajstić information content (AvgIpc) is 3.34. The second-order valence-electron chi connectivity index (χ2n) is 8.10. The zero-order valence-electron chi connectivity index (χ0n) is 16.2. The summed E-state index contributed by atoms with van der Waals surface area (Å²) in [5, 5.41) is 5.71. The van der Waals surface area contributed by atoms with E-state index in [0.29, 0.717) is 11.8 Å². The van der Waals surface area contributed by atoms with E-state index in [1.165, 1.54) is 25.7 Å². The highest BCUT2D eigenvalue weighted by atomic mass is 35.5. The maximum Gasteiger partial charge on any atom is 0.154 e. The van der Waals surface area contributed by atoms with E-state index in [4.69, 9.17) is 32.2 Å². The van der Waals surface area contributed by atoms with Crippen LogP contribution in [0.5, 0.6) is 0 Å². The Morgan fingerprint density at radius 3 is 2.63 bits per heavy atom. The van der Waals surface area contributed by atoms with Gasteiger partial charge in [-0.1, -0.05) is 30.5 Å². The van der Waals surface area contributed by atoms with Crippen molar-refractivity contribution in [2.24, 2.45) is 5.73 Å². The van der Waals surface area contributed by atoms with Gasteiger partial charge in [-0.05, 0) is 56.7 Å². The molecule has 5 nitrogen and oxygen atoms in total. The molecule has 1 aromatic carbocycles. The van der Waals surface area contributed by atoms with E-state index in [1.807, 2.05) is 23.7 Å². The molecule has 27 heavy (non-hydrogen) atoms. The number of hydrogen-bond acceptors (Lipinski definition) is 4. The van der Waals surface area contributed by atoms with Gasteiger partial charge in [0.15, 0.2) is 5.82 Å². The summed E-state index contributed by atoms with van der Waals surface area (Å²) in [6.07, 6.45) is 7.85. The quantitative estimate of drug-likeness (QED) is 0.837. The number of hydrogen-bond donors (Lipinski definition) is 1. The third kappa shape index (κ3) is 3.78. The molecule has 0 saturated heterocycles. The first-order valence-electron chi connectivity index (χ1n) is 10.1. The van der Waals surface area contributed by atoms with Crippen LogP contribution >= 0.6 is 11.6 Å². The lowest BCUT2D eigenvalue weighted by atomic mass is 9.83. The second-order valence-corrected chi connectivity index (χ2v) is 8.51. The van der Waals surface area contributed by atoms with E-state index in [-0.39, 0.29) is 12.1 Å². The van der Waals surface area contributed by atoms with Crippen LogP contribution in [0.4, 0.5) is 0 Å². The van der Waals surface area contributed by atoms with Gasteiger partial charge in [-0.15, -0.1) is 0 Å². The summed E-state index contributed by atoms with van der Waals surface area (Å²) in [7, 11) is 1.75.